The van der Waals surface area contributed by atoms with E-state index in [9.17, 15) is 0 Å². The van der Waals surface area contributed by atoms with Gasteiger partial charge in [0, 0.05) is 26.2 Å². The minimum absolute atomic E-state index is 0.215. The maximum absolute atomic E-state index is 5.56. The fourth-order valence-corrected chi connectivity index (χ4v) is 2.11. The Balaban J connectivity index is 2.08. The van der Waals surface area contributed by atoms with Crippen LogP contribution in [-0.4, -0.2) is 38.5 Å². The maximum atomic E-state index is 5.56. The molecule has 3 nitrogen and oxygen atoms in total. The first-order valence-electron chi connectivity index (χ1n) is 6.14. The van der Waals surface area contributed by atoms with E-state index in [1.807, 2.05) is 6.92 Å². The van der Waals surface area contributed by atoms with Crippen LogP contribution in [0.2, 0.25) is 0 Å². The van der Waals surface area contributed by atoms with Gasteiger partial charge < -0.3 is 14.8 Å². The summed E-state index contributed by atoms with van der Waals surface area (Å²) in [4.78, 5) is 0. The summed E-state index contributed by atoms with van der Waals surface area (Å²) >= 11 is 0. The molecule has 92 valence electrons. The number of terminal acetylenes is 1. The molecule has 0 bridgehead atoms. The molecule has 0 spiro atoms. The minimum atomic E-state index is 0.215. The smallest absolute Gasteiger partial charge is 0.0986 e. The molecule has 3 atom stereocenters. The van der Waals surface area contributed by atoms with Gasteiger partial charge in [0.25, 0.3) is 0 Å². The normalized spacial score (nSPS) is 28.4. The molecule has 0 aromatic carbocycles. The van der Waals surface area contributed by atoms with Crippen molar-refractivity contribution in [2.75, 3.05) is 20.3 Å². The predicted molar refractivity (Wildman–Crippen MR) is 65.3 cm³/mol. The van der Waals surface area contributed by atoms with Gasteiger partial charge in [-0.15, -0.1) is 12.3 Å². The molecule has 3 unspecified atom stereocenters. The Morgan fingerprint density at radius 2 is 2.25 bits per heavy atom. The molecule has 1 saturated carbocycles. The van der Waals surface area contributed by atoms with E-state index >= 15 is 0 Å². The summed E-state index contributed by atoms with van der Waals surface area (Å²) in [6.45, 7) is 3.80. The standard InChI is InChI=1S/C13H23NO2/c1-4-6-7-8-9-14-11-10-12(16-5-2)13(11)15-3/h1,11-14H,5-10H2,2-3H3. The van der Waals surface area contributed by atoms with Gasteiger partial charge >= 0.3 is 0 Å². The third-order valence-corrected chi connectivity index (χ3v) is 3.06. The highest BCUT2D eigenvalue weighted by Gasteiger charge is 2.41. The van der Waals surface area contributed by atoms with E-state index < -0.39 is 0 Å². The zero-order valence-electron chi connectivity index (χ0n) is 10.4. The van der Waals surface area contributed by atoms with Gasteiger partial charge in [0.15, 0.2) is 0 Å². The lowest BCUT2D eigenvalue weighted by molar-refractivity contribution is -0.131. The van der Waals surface area contributed by atoms with Gasteiger partial charge in [-0.05, 0) is 32.7 Å². The van der Waals surface area contributed by atoms with Crippen LogP contribution in [-0.2, 0) is 9.47 Å². The summed E-state index contributed by atoms with van der Waals surface area (Å²) in [6, 6.07) is 0.451. The van der Waals surface area contributed by atoms with Crippen molar-refractivity contribution >= 4 is 0 Å². The number of ether oxygens (including phenoxy) is 2. The van der Waals surface area contributed by atoms with Crippen molar-refractivity contribution in [3.8, 4) is 12.3 Å². The fraction of sp³-hybridized carbons (Fsp3) is 0.846. The second-order valence-corrected chi connectivity index (χ2v) is 4.15. The molecule has 1 aliphatic carbocycles. The Labute approximate surface area is 98.9 Å². The van der Waals surface area contributed by atoms with E-state index in [0.29, 0.717) is 6.04 Å². The van der Waals surface area contributed by atoms with Gasteiger partial charge in [0.05, 0.1) is 12.2 Å². The minimum Gasteiger partial charge on any atom is -0.377 e. The van der Waals surface area contributed by atoms with Crippen LogP contribution < -0.4 is 5.32 Å². The summed E-state index contributed by atoms with van der Waals surface area (Å²) in [6.07, 6.45) is 9.86. The molecule has 0 aromatic rings. The molecule has 3 heteroatoms. The van der Waals surface area contributed by atoms with Gasteiger partial charge in [-0.3, -0.25) is 0 Å². The van der Waals surface area contributed by atoms with Crippen molar-refractivity contribution in [1.29, 1.82) is 0 Å². The molecule has 1 N–H and O–H groups in total. The average Bonchev–Trinajstić information content (AvgIpc) is 2.26. The van der Waals surface area contributed by atoms with Crippen molar-refractivity contribution in [3.63, 3.8) is 0 Å². The average molecular weight is 225 g/mol. The number of hydrogen-bond acceptors (Lipinski definition) is 3. The summed E-state index contributed by atoms with van der Waals surface area (Å²) in [7, 11) is 1.75. The van der Waals surface area contributed by atoms with Crippen LogP contribution in [0.15, 0.2) is 0 Å². The van der Waals surface area contributed by atoms with Gasteiger partial charge in [-0.2, -0.15) is 0 Å². The molecule has 1 fully saturated rings. The number of methoxy groups -OCH3 is 1. The zero-order chi connectivity index (χ0) is 11.8. The summed E-state index contributed by atoms with van der Waals surface area (Å²) in [5, 5.41) is 3.49. The van der Waals surface area contributed by atoms with Crippen molar-refractivity contribution in [2.24, 2.45) is 0 Å². The number of hydrogen-bond donors (Lipinski definition) is 1. The summed E-state index contributed by atoms with van der Waals surface area (Å²) in [5.41, 5.74) is 0. The van der Waals surface area contributed by atoms with Gasteiger partial charge in [-0.25, -0.2) is 0 Å². The fourth-order valence-electron chi connectivity index (χ4n) is 2.11. The highest BCUT2D eigenvalue weighted by Crippen LogP contribution is 2.26. The van der Waals surface area contributed by atoms with Gasteiger partial charge in [0.2, 0.25) is 0 Å². The first-order chi connectivity index (χ1) is 7.83. The molecular weight excluding hydrogens is 202 g/mol. The molecule has 16 heavy (non-hydrogen) atoms. The highest BCUT2D eigenvalue weighted by molar-refractivity contribution is 4.97. The quantitative estimate of drug-likeness (QED) is 0.502. The van der Waals surface area contributed by atoms with E-state index in [1.165, 1.54) is 0 Å². The van der Waals surface area contributed by atoms with Crippen LogP contribution in [0.5, 0.6) is 0 Å². The molecule has 0 radical (unpaired) electrons. The van der Waals surface area contributed by atoms with E-state index in [1.54, 1.807) is 7.11 Å². The lowest BCUT2D eigenvalue weighted by Crippen LogP contribution is -2.59. The van der Waals surface area contributed by atoms with E-state index in [4.69, 9.17) is 15.9 Å². The van der Waals surface area contributed by atoms with Gasteiger partial charge in [0.1, 0.15) is 0 Å². The zero-order valence-corrected chi connectivity index (χ0v) is 10.4. The lowest BCUT2D eigenvalue weighted by atomic mass is 9.85. The Bertz CT molecular complexity index is 224. The first-order valence-corrected chi connectivity index (χ1v) is 6.14. The Hall–Kier alpha value is -0.560. The monoisotopic (exact) mass is 225 g/mol. The maximum Gasteiger partial charge on any atom is 0.0986 e. The molecule has 0 aromatic heterocycles. The van der Waals surface area contributed by atoms with Crippen LogP contribution in [0.4, 0.5) is 0 Å². The molecule has 0 amide bonds. The van der Waals surface area contributed by atoms with Crippen LogP contribution in [0.3, 0.4) is 0 Å². The van der Waals surface area contributed by atoms with E-state index in [0.717, 1.165) is 38.8 Å². The Morgan fingerprint density at radius 3 is 2.88 bits per heavy atom. The van der Waals surface area contributed by atoms with Crippen LogP contribution >= 0.6 is 0 Å². The summed E-state index contributed by atoms with van der Waals surface area (Å²) in [5.74, 6) is 2.66. The largest absolute Gasteiger partial charge is 0.377 e. The summed E-state index contributed by atoms with van der Waals surface area (Å²) < 4.78 is 11.0. The number of nitrogens with one attached hydrogen (secondary N) is 1. The van der Waals surface area contributed by atoms with E-state index in [2.05, 4.69) is 11.2 Å². The van der Waals surface area contributed by atoms with Crippen molar-refractivity contribution in [1.82, 2.24) is 5.32 Å². The molecule has 1 rings (SSSR count). The second kappa shape index (κ2) is 7.67. The molecule has 0 aliphatic heterocycles. The molecule has 1 aliphatic rings. The van der Waals surface area contributed by atoms with Gasteiger partial charge in [-0.1, -0.05) is 0 Å². The van der Waals surface area contributed by atoms with Crippen molar-refractivity contribution < 1.29 is 9.47 Å². The SMILES string of the molecule is C#CCCCCNC1CC(OCC)C1OC. The molecule has 0 heterocycles. The second-order valence-electron chi connectivity index (χ2n) is 4.15. The Morgan fingerprint density at radius 1 is 1.44 bits per heavy atom. The van der Waals surface area contributed by atoms with Crippen molar-refractivity contribution in [3.05, 3.63) is 0 Å². The van der Waals surface area contributed by atoms with Crippen LogP contribution in [0.1, 0.15) is 32.6 Å². The van der Waals surface area contributed by atoms with Crippen LogP contribution in [0, 0.1) is 12.3 Å². The Kier molecular flexibility index (Phi) is 6.47. The predicted octanol–water partition coefficient (Wildman–Crippen LogP) is 1.57. The van der Waals surface area contributed by atoms with E-state index in [-0.39, 0.29) is 12.2 Å². The van der Waals surface area contributed by atoms with Crippen molar-refractivity contribution in [2.45, 2.75) is 50.9 Å². The molecule has 0 saturated heterocycles. The number of unbranched alkanes of at least 4 members (excludes halogenated alkanes) is 2. The van der Waals surface area contributed by atoms with Crippen LogP contribution in [0.25, 0.3) is 0 Å². The highest BCUT2D eigenvalue weighted by atomic mass is 16.5. The number of rotatable bonds is 8. The third-order valence-electron chi connectivity index (χ3n) is 3.06. The molecular formula is C13H23NO2. The lowest BCUT2D eigenvalue weighted by Gasteiger charge is -2.43. The first kappa shape index (κ1) is 13.5. The third kappa shape index (κ3) is 3.79. The topological polar surface area (TPSA) is 30.5 Å².